The van der Waals surface area contributed by atoms with Gasteiger partial charge in [-0.05, 0) is 49.2 Å². The summed E-state index contributed by atoms with van der Waals surface area (Å²) in [6.07, 6.45) is 9.81. The fourth-order valence-electron chi connectivity index (χ4n) is 3.43. The summed E-state index contributed by atoms with van der Waals surface area (Å²) < 4.78 is 10.8. The fraction of sp³-hybridized carbons (Fsp3) is 0.429. The van der Waals surface area contributed by atoms with Gasteiger partial charge in [-0.2, -0.15) is 5.10 Å². The molecule has 0 spiro atoms. The van der Waals surface area contributed by atoms with E-state index in [1.807, 2.05) is 19.1 Å². The minimum absolute atomic E-state index is 0.135. The lowest BCUT2D eigenvalue weighted by Gasteiger charge is -2.10. The van der Waals surface area contributed by atoms with E-state index in [1.54, 1.807) is 30.3 Å². The number of nitrogens with zero attached hydrogens (tertiary/aromatic N) is 1. The second-order valence-electron chi connectivity index (χ2n) is 8.61. The van der Waals surface area contributed by atoms with Crippen molar-refractivity contribution in [1.82, 2.24) is 10.7 Å². The SMILES string of the molecule is CCCCCCCCCC(=O)NCC(=O)NN=Cc1ccc(OC(=O)c2ccc(C)cc2)c(OC)c1. The van der Waals surface area contributed by atoms with E-state index in [4.69, 9.17) is 9.47 Å². The number of benzene rings is 2. The van der Waals surface area contributed by atoms with Gasteiger partial charge in [0.1, 0.15) is 0 Å². The normalized spacial score (nSPS) is 10.8. The van der Waals surface area contributed by atoms with Gasteiger partial charge in [0.05, 0.1) is 25.4 Å². The van der Waals surface area contributed by atoms with E-state index in [1.165, 1.54) is 39.0 Å². The Morgan fingerprint density at radius 2 is 1.58 bits per heavy atom. The quantitative estimate of drug-likeness (QED) is 0.120. The summed E-state index contributed by atoms with van der Waals surface area (Å²) in [6.45, 7) is 3.99. The zero-order chi connectivity index (χ0) is 26.2. The molecule has 0 aromatic heterocycles. The Labute approximate surface area is 213 Å². The van der Waals surface area contributed by atoms with Crippen LogP contribution in [0.1, 0.15) is 79.8 Å². The first kappa shape index (κ1) is 28.6. The minimum Gasteiger partial charge on any atom is -0.493 e. The Hall–Kier alpha value is -3.68. The van der Waals surface area contributed by atoms with Gasteiger partial charge in [-0.1, -0.05) is 63.1 Å². The highest BCUT2D eigenvalue weighted by Crippen LogP contribution is 2.28. The molecule has 0 unspecified atom stereocenters. The van der Waals surface area contributed by atoms with Crippen molar-refractivity contribution in [3.8, 4) is 11.5 Å². The van der Waals surface area contributed by atoms with Gasteiger partial charge >= 0.3 is 5.97 Å². The van der Waals surface area contributed by atoms with Crippen molar-refractivity contribution in [2.24, 2.45) is 5.10 Å². The molecule has 2 N–H and O–H groups in total. The zero-order valence-corrected chi connectivity index (χ0v) is 21.5. The standard InChI is InChI=1S/C28H37N3O5/c1-4-5-6-7-8-9-10-11-26(32)29-20-27(33)31-30-19-22-14-17-24(25(18-22)35-3)36-28(34)23-15-12-21(2)13-16-23/h12-19H,4-11,20H2,1-3H3,(H,29,32)(H,31,33). The van der Waals surface area contributed by atoms with Crippen molar-refractivity contribution in [2.45, 2.75) is 65.2 Å². The van der Waals surface area contributed by atoms with E-state index in [2.05, 4.69) is 22.8 Å². The molecule has 2 amide bonds. The first-order valence-electron chi connectivity index (χ1n) is 12.5. The molecule has 8 nitrogen and oxygen atoms in total. The third-order valence-corrected chi connectivity index (χ3v) is 5.53. The van der Waals surface area contributed by atoms with Gasteiger partial charge in [-0.15, -0.1) is 0 Å². The first-order chi connectivity index (χ1) is 17.4. The molecule has 0 aliphatic heterocycles. The van der Waals surface area contributed by atoms with Gasteiger partial charge in [-0.25, -0.2) is 10.2 Å². The molecule has 0 radical (unpaired) electrons. The van der Waals surface area contributed by atoms with Crippen LogP contribution >= 0.6 is 0 Å². The van der Waals surface area contributed by atoms with Crippen LogP contribution in [-0.2, 0) is 9.59 Å². The second kappa shape index (κ2) is 16.1. The summed E-state index contributed by atoms with van der Waals surface area (Å²) in [7, 11) is 1.47. The highest BCUT2D eigenvalue weighted by atomic mass is 16.6. The van der Waals surface area contributed by atoms with E-state index in [0.717, 1.165) is 24.8 Å². The van der Waals surface area contributed by atoms with Gasteiger partial charge in [0.25, 0.3) is 5.91 Å². The van der Waals surface area contributed by atoms with Crippen LogP contribution in [0.2, 0.25) is 0 Å². The molecule has 0 atom stereocenters. The Morgan fingerprint density at radius 1 is 0.889 bits per heavy atom. The third kappa shape index (κ3) is 10.7. The van der Waals surface area contributed by atoms with E-state index in [0.29, 0.717) is 23.3 Å². The number of hydrogen-bond donors (Lipinski definition) is 2. The van der Waals surface area contributed by atoms with Crippen molar-refractivity contribution in [1.29, 1.82) is 0 Å². The molecule has 0 aliphatic rings. The summed E-state index contributed by atoms with van der Waals surface area (Å²) in [4.78, 5) is 36.2. The van der Waals surface area contributed by atoms with Crippen LogP contribution in [0.5, 0.6) is 11.5 Å². The molecular weight excluding hydrogens is 458 g/mol. The van der Waals surface area contributed by atoms with Crippen molar-refractivity contribution in [2.75, 3.05) is 13.7 Å². The van der Waals surface area contributed by atoms with E-state index < -0.39 is 11.9 Å². The van der Waals surface area contributed by atoms with Gasteiger partial charge in [0.2, 0.25) is 5.91 Å². The van der Waals surface area contributed by atoms with Gasteiger partial charge < -0.3 is 14.8 Å². The summed E-state index contributed by atoms with van der Waals surface area (Å²) in [5.41, 5.74) is 4.49. The molecule has 0 heterocycles. The van der Waals surface area contributed by atoms with Gasteiger partial charge in [0, 0.05) is 6.42 Å². The molecule has 194 valence electrons. The number of unbranched alkanes of at least 4 members (excludes halogenated alkanes) is 6. The predicted octanol–water partition coefficient (Wildman–Crippen LogP) is 4.93. The van der Waals surface area contributed by atoms with Gasteiger partial charge in [-0.3, -0.25) is 9.59 Å². The molecule has 0 saturated carbocycles. The molecule has 36 heavy (non-hydrogen) atoms. The lowest BCUT2D eigenvalue weighted by atomic mass is 10.1. The highest BCUT2D eigenvalue weighted by Gasteiger charge is 2.13. The molecule has 0 fully saturated rings. The van der Waals surface area contributed by atoms with Gasteiger partial charge in [0.15, 0.2) is 11.5 Å². The number of carbonyl (C=O) groups is 3. The number of nitrogens with one attached hydrogen (secondary N) is 2. The van der Waals surface area contributed by atoms with Crippen molar-refractivity contribution in [3.63, 3.8) is 0 Å². The second-order valence-corrected chi connectivity index (χ2v) is 8.61. The number of ether oxygens (including phenoxy) is 2. The molecule has 8 heteroatoms. The smallest absolute Gasteiger partial charge is 0.343 e. The maximum atomic E-state index is 12.4. The fourth-order valence-corrected chi connectivity index (χ4v) is 3.43. The van der Waals surface area contributed by atoms with E-state index in [-0.39, 0.29) is 18.2 Å². The van der Waals surface area contributed by atoms with Crippen LogP contribution in [0.15, 0.2) is 47.6 Å². The summed E-state index contributed by atoms with van der Waals surface area (Å²) >= 11 is 0. The topological polar surface area (TPSA) is 106 Å². The number of hydrazone groups is 1. The third-order valence-electron chi connectivity index (χ3n) is 5.53. The highest BCUT2D eigenvalue weighted by molar-refractivity contribution is 5.92. The molecule has 0 bridgehead atoms. The Balaban J connectivity index is 1.74. The molecule has 2 aromatic rings. The first-order valence-corrected chi connectivity index (χ1v) is 12.5. The zero-order valence-electron chi connectivity index (χ0n) is 21.5. The molecular formula is C28H37N3O5. The van der Waals surface area contributed by atoms with Crippen LogP contribution in [0.25, 0.3) is 0 Å². The van der Waals surface area contributed by atoms with Crippen molar-refractivity contribution < 1.29 is 23.9 Å². The van der Waals surface area contributed by atoms with Crippen molar-refractivity contribution in [3.05, 3.63) is 59.2 Å². The number of carbonyl (C=O) groups excluding carboxylic acids is 3. The summed E-state index contributed by atoms with van der Waals surface area (Å²) in [6, 6.07) is 12.0. The summed E-state index contributed by atoms with van der Waals surface area (Å²) in [5.74, 6) is -0.426. The molecule has 0 saturated heterocycles. The van der Waals surface area contributed by atoms with Crippen LogP contribution in [0, 0.1) is 6.92 Å². The molecule has 2 rings (SSSR count). The number of hydrogen-bond acceptors (Lipinski definition) is 6. The monoisotopic (exact) mass is 495 g/mol. The Bertz CT molecular complexity index is 1020. The molecule has 2 aromatic carbocycles. The Morgan fingerprint density at radius 3 is 2.28 bits per heavy atom. The maximum Gasteiger partial charge on any atom is 0.343 e. The number of esters is 1. The van der Waals surface area contributed by atoms with E-state index in [9.17, 15) is 14.4 Å². The number of amides is 2. The van der Waals surface area contributed by atoms with Crippen LogP contribution in [-0.4, -0.2) is 37.7 Å². The number of methoxy groups -OCH3 is 1. The van der Waals surface area contributed by atoms with Crippen LogP contribution in [0.4, 0.5) is 0 Å². The molecule has 0 aliphatic carbocycles. The average molecular weight is 496 g/mol. The van der Waals surface area contributed by atoms with Crippen molar-refractivity contribution >= 4 is 24.0 Å². The lowest BCUT2D eigenvalue weighted by Crippen LogP contribution is -2.34. The minimum atomic E-state index is -0.490. The van der Waals surface area contributed by atoms with Crippen LogP contribution in [0.3, 0.4) is 0 Å². The largest absolute Gasteiger partial charge is 0.493 e. The average Bonchev–Trinajstić information content (AvgIpc) is 2.88. The number of rotatable bonds is 15. The Kier molecular flexibility index (Phi) is 12.8. The maximum absolute atomic E-state index is 12.4. The number of aryl methyl sites for hydroxylation is 1. The van der Waals surface area contributed by atoms with Crippen LogP contribution < -0.4 is 20.2 Å². The predicted molar refractivity (Wildman–Crippen MR) is 140 cm³/mol. The van der Waals surface area contributed by atoms with E-state index >= 15 is 0 Å². The summed E-state index contributed by atoms with van der Waals surface area (Å²) in [5, 5.41) is 6.52. The lowest BCUT2D eigenvalue weighted by molar-refractivity contribution is -0.126.